The largest absolute Gasteiger partial charge is 0.481 e. The Morgan fingerprint density at radius 1 is 1.24 bits per heavy atom. The Bertz CT molecular complexity index is 1260. The van der Waals surface area contributed by atoms with Crippen molar-refractivity contribution >= 4 is 37.3 Å². The number of nitrogens with zero attached hydrogens (tertiary/aromatic N) is 4. The van der Waals surface area contributed by atoms with Crippen molar-refractivity contribution in [1.29, 1.82) is 0 Å². The standard InChI is InChI=1S/C22H26N4O5S2/c1-30-20-5-4-17-22(25-20)32-21(24-17)11-19(27)18(10-14-6-8-31-9-7-14)26-13-16(12-23-26)33(28,29)15-2-3-15/h4-5,12-15,18H,2-3,6-11H2,1H3. The normalized spacial score (nSPS) is 18.5. The SMILES string of the molecule is COc1ccc2nc(CC(=O)C(CC3CCOCC3)n3cc(S(=O)(=O)C4CC4)cn3)sc2n1. The van der Waals surface area contributed by atoms with Crippen molar-refractivity contribution in [3.05, 3.63) is 29.5 Å². The van der Waals surface area contributed by atoms with E-state index in [1.165, 1.54) is 23.7 Å². The van der Waals surface area contributed by atoms with Crippen molar-refractivity contribution < 1.29 is 22.7 Å². The highest BCUT2D eigenvalue weighted by molar-refractivity contribution is 7.92. The number of hydrogen-bond donors (Lipinski definition) is 0. The molecule has 5 rings (SSSR count). The molecule has 0 radical (unpaired) electrons. The van der Waals surface area contributed by atoms with Crippen LogP contribution in [0.1, 0.15) is 43.2 Å². The molecule has 11 heteroatoms. The Labute approximate surface area is 196 Å². The molecule has 1 saturated carbocycles. The third-order valence-electron chi connectivity index (χ3n) is 6.27. The molecule has 1 aliphatic heterocycles. The van der Waals surface area contributed by atoms with Gasteiger partial charge >= 0.3 is 0 Å². The highest BCUT2D eigenvalue weighted by Gasteiger charge is 2.38. The maximum Gasteiger partial charge on any atom is 0.214 e. The molecule has 1 atom stereocenters. The number of ketones is 1. The number of Topliss-reactive ketones (excluding diaryl/α,β-unsaturated/α-hetero) is 1. The van der Waals surface area contributed by atoms with Gasteiger partial charge in [-0.05, 0) is 44.1 Å². The molecule has 2 fully saturated rings. The number of hydrogen-bond acceptors (Lipinski definition) is 9. The fraction of sp³-hybridized carbons (Fsp3) is 0.545. The van der Waals surface area contributed by atoms with Crippen LogP contribution >= 0.6 is 11.3 Å². The van der Waals surface area contributed by atoms with E-state index in [1.807, 2.05) is 6.07 Å². The number of thiazole rings is 1. The number of methoxy groups -OCH3 is 1. The zero-order valence-electron chi connectivity index (χ0n) is 18.3. The van der Waals surface area contributed by atoms with Gasteiger partial charge in [-0.25, -0.2) is 18.4 Å². The van der Waals surface area contributed by atoms with E-state index in [-0.39, 0.29) is 22.3 Å². The van der Waals surface area contributed by atoms with Crippen LogP contribution in [-0.4, -0.2) is 59.5 Å². The van der Waals surface area contributed by atoms with E-state index in [4.69, 9.17) is 9.47 Å². The van der Waals surface area contributed by atoms with Crippen LogP contribution in [0, 0.1) is 5.92 Å². The van der Waals surface area contributed by atoms with E-state index in [0.717, 1.165) is 23.2 Å². The molecule has 3 aromatic rings. The minimum absolute atomic E-state index is 0.0361. The summed E-state index contributed by atoms with van der Waals surface area (Å²) in [5.74, 6) is 0.787. The Morgan fingerprint density at radius 2 is 2.03 bits per heavy atom. The van der Waals surface area contributed by atoms with Gasteiger partial charge < -0.3 is 9.47 Å². The van der Waals surface area contributed by atoms with E-state index in [0.29, 0.717) is 49.3 Å². The number of sulfone groups is 1. The summed E-state index contributed by atoms with van der Waals surface area (Å²) in [7, 11) is -1.81. The van der Waals surface area contributed by atoms with Gasteiger partial charge in [0.2, 0.25) is 5.88 Å². The first kappa shape index (κ1) is 22.4. The van der Waals surface area contributed by atoms with E-state index in [9.17, 15) is 13.2 Å². The smallest absolute Gasteiger partial charge is 0.214 e. The molecule has 0 spiro atoms. The molecule has 9 nitrogen and oxygen atoms in total. The van der Waals surface area contributed by atoms with Gasteiger partial charge in [0.05, 0.1) is 25.0 Å². The van der Waals surface area contributed by atoms with Crippen molar-refractivity contribution in [3.8, 4) is 5.88 Å². The average Bonchev–Trinajstić information content (AvgIpc) is 3.44. The summed E-state index contributed by atoms with van der Waals surface area (Å²) >= 11 is 1.37. The van der Waals surface area contributed by atoms with Crippen LogP contribution in [0.15, 0.2) is 29.4 Å². The Kier molecular flexibility index (Phi) is 6.19. The molecular formula is C22H26N4O5S2. The van der Waals surface area contributed by atoms with Crippen LogP contribution in [0.5, 0.6) is 5.88 Å². The lowest BCUT2D eigenvalue weighted by atomic mass is 9.90. The summed E-state index contributed by atoms with van der Waals surface area (Å²) < 4.78 is 37.5. The average molecular weight is 491 g/mol. The first-order valence-electron chi connectivity index (χ1n) is 11.1. The van der Waals surface area contributed by atoms with Crippen LogP contribution < -0.4 is 4.74 Å². The number of ether oxygens (including phenoxy) is 2. The molecule has 2 aliphatic rings. The first-order valence-corrected chi connectivity index (χ1v) is 13.5. The molecule has 176 valence electrons. The molecule has 4 heterocycles. The Morgan fingerprint density at radius 3 is 2.76 bits per heavy atom. The minimum Gasteiger partial charge on any atom is -0.481 e. The number of carbonyl (C=O) groups is 1. The predicted molar refractivity (Wildman–Crippen MR) is 122 cm³/mol. The van der Waals surface area contributed by atoms with Crippen LogP contribution in [0.3, 0.4) is 0 Å². The van der Waals surface area contributed by atoms with Gasteiger partial charge in [-0.3, -0.25) is 9.48 Å². The molecular weight excluding hydrogens is 464 g/mol. The molecule has 33 heavy (non-hydrogen) atoms. The summed E-state index contributed by atoms with van der Waals surface area (Å²) in [5.41, 5.74) is 0.724. The predicted octanol–water partition coefficient (Wildman–Crippen LogP) is 3.00. The minimum atomic E-state index is -3.37. The van der Waals surface area contributed by atoms with Gasteiger partial charge in [0, 0.05) is 25.5 Å². The lowest BCUT2D eigenvalue weighted by Gasteiger charge is -2.26. The second-order valence-corrected chi connectivity index (χ2v) is 11.9. The number of fused-ring (bicyclic) bond motifs is 1. The molecule has 0 bridgehead atoms. The quantitative estimate of drug-likeness (QED) is 0.450. The highest BCUT2D eigenvalue weighted by atomic mass is 32.2. The van der Waals surface area contributed by atoms with Crippen LogP contribution in [0.4, 0.5) is 0 Å². The monoisotopic (exact) mass is 490 g/mol. The van der Waals surface area contributed by atoms with Crippen molar-refractivity contribution in [3.63, 3.8) is 0 Å². The molecule has 1 unspecified atom stereocenters. The van der Waals surface area contributed by atoms with Gasteiger partial charge in [-0.15, -0.1) is 0 Å². The van der Waals surface area contributed by atoms with E-state index >= 15 is 0 Å². The molecule has 0 aromatic carbocycles. The van der Waals surface area contributed by atoms with E-state index in [2.05, 4.69) is 15.1 Å². The first-order chi connectivity index (χ1) is 15.9. The summed E-state index contributed by atoms with van der Waals surface area (Å²) in [5, 5.41) is 4.69. The zero-order chi connectivity index (χ0) is 23.0. The van der Waals surface area contributed by atoms with Crippen molar-refractivity contribution in [2.75, 3.05) is 20.3 Å². The van der Waals surface area contributed by atoms with Crippen LogP contribution in [0.2, 0.25) is 0 Å². The third-order valence-corrected chi connectivity index (χ3v) is 9.45. The lowest BCUT2D eigenvalue weighted by Crippen LogP contribution is -2.27. The Balaban J connectivity index is 1.40. The van der Waals surface area contributed by atoms with Crippen LogP contribution in [0.25, 0.3) is 10.3 Å². The van der Waals surface area contributed by atoms with Crippen LogP contribution in [-0.2, 0) is 25.8 Å². The summed E-state index contributed by atoms with van der Waals surface area (Å²) in [4.78, 5) is 23.3. The van der Waals surface area contributed by atoms with E-state index < -0.39 is 15.9 Å². The number of pyridine rings is 1. The zero-order valence-corrected chi connectivity index (χ0v) is 20.0. The molecule has 0 N–H and O–H groups in total. The van der Waals surface area contributed by atoms with Gasteiger partial charge in [0.15, 0.2) is 15.6 Å². The fourth-order valence-electron chi connectivity index (χ4n) is 4.19. The Hall–Kier alpha value is -2.37. The third kappa shape index (κ3) is 4.80. The topological polar surface area (TPSA) is 113 Å². The highest BCUT2D eigenvalue weighted by Crippen LogP contribution is 2.34. The second kappa shape index (κ2) is 9.11. The van der Waals surface area contributed by atoms with Crippen molar-refractivity contribution in [2.24, 2.45) is 5.92 Å². The van der Waals surface area contributed by atoms with E-state index in [1.54, 1.807) is 17.9 Å². The van der Waals surface area contributed by atoms with Gasteiger partial charge in [-0.1, -0.05) is 11.3 Å². The molecule has 0 amide bonds. The van der Waals surface area contributed by atoms with Crippen molar-refractivity contribution in [1.82, 2.24) is 19.7 Å². The number of carbonyl (C=O) groups excluding carboxylic acids is 1. The summed E-state index contributed by atoms with van der Waals surface area (Å²) in [6.07, 6.45) is 6.78. The van der Waals surface area contributed by atoms with Gasteiger partial charge in [0.25, 0.3) is 0 Å². The molecule has 1 saturated heterocycles. The second-order valence-electron chi connectivity index (χ2n) is 8.64. The number of rotatable bonds is 9. The maximum absolute atomic E-state index is 13.5. The lowest BCUT2D eigenvalue weighted by molar-refractivity contribution is -0.122. The summed E-state index contributed by atoms with van der Waals surface area (Å²) in [6.45, 7) is 1.36. The molecule has 3 aromatic heterocycles. The fourth-order valence-corrected chi connectivity index (χ4v) is 6.72. The van der Waals surface area contributed by atoms with Gasteiger partial charge in [-0.2, -0.15) is 5.10 Å². The maximum atomic E-state index is 13.5. The van der Waals surface area contributed by atoms with Crippen molar-refractivity contribution in [2.45, 2.75) is 54.7 Å². The number of aromatic nitrogens is 4. The summed E-state index contributed by atoms with van der Waals surface area (Å²) in [6, 6.07) is 3.02. The van der Waals surface area contributed by atoms with Gasteiger partial charge in [0.1, 0.15) is 26.3 Å². The molecule has 1 aliphatic carbocycles.